The van der Waals surface area contributed by atoms with Crippen LogP contribution in [-0.4, -0.2) is 19.6 Å². The Labute approximate surface area is 106 Å². The van der Waals surface area contributed by atoms with Gasteiger partial charge in [0.25, 0.3) is 0 Å². The van der Waals surface area contributed by atoms with Crippen molar-refractivity contribution in [1.29, 1.82) is 0 Å². The van der Waals surface area contributed by atoms with E-state index in [9.17, 15) is 4.79 Å². The summed E-state index contributed by atoms with van der Waals surface area (Å²) in [5.74, 6) is 0.779. The van der Waals surface area contributed by atoms with Crippen molar-refractivity contribution in [1.82, 2.24) is 5.32 Å². The van der Waals surface area contributed by atoms with Crippen LogP contribution in [0.15, 0.2) is 28.9 Å². The van der Waals surface area contributed by atoms with Gasteiger partial charge in [0.05, 0.1) is 19.8 Å². The summed E-state index contributed by atoms with van der Waals surface area (Å²) >= 11 is 0. The monoisotopic (exact) mass is 247 g/mol. The van der Waals surface area contributed by atoms with Crippen LogP contribution >= 0.6 is 0 Å². The summed E-state index contributed by atoms with van der Waals surface area (Å²) in [6, 6.07) is 5.58. The molecule has 0 saturated heterocycles. The van der Waals surface area contributed by atoms with Crippen molar-refractivity contribution in [3.05, 3.63) is 30.0 Å². The number of carbonyl (C=O) groups excluding carboxylic acids is 1. The van der Waals surface area contributed by atoms with Crippen molar-refractivity contribution < 1.29 is 13.9 Å². The van der Waals surface area contributed by atoms with Gasteiger partial charge in [-0.1, -0.05) is 6.92 Å². The van der Waals surface area contributed by atoms with Crippen LogP contribution < -0.4 is 10.1 Å². The van der Waals surface area contributed by atoms with Crippen molar-refractivity contribution in [2.75, 3.05) is 13.7 Å². The Bertz CT molecular complexity index is 545. The lowest BCUT2D eigenvalue weighted by atomic mass is 10.1. The van der Waals surface area contributed by atoms with Gasteiger partial charge in [0, 0.05) is 17.5 Å². The number of hydrogen-bond donors (Lipinski definition) is 1. The minimum atomic E-state index is 0.0161. The van der Waals surface area contributed by atoms with E-state index in [-0.39, 0.29) is 5.91 Å². The van der Waals surface area contributed by atoms with Gasteiger partial charge >= 0.3 is 0 Å². The van der Waals surface area contributed by atoms with Crippen LogP contribution in [0, 0.1) is 0 Å². The highest BCUT2D eigenvalue weighted by Crippen LogP contribution is 2.26. The number of carbonyl (C=O) groups is 1. The third-order valence-electron chi connectivity index (χ3n) is 2.78. The van der Waals surface area contributed by atoms with Gasteiger partial charge in [0.2, 0.25) is 5.91 Å². The van der Waals surface area contributed by atoms with E-state index in [1.165, 1.54) is 0 Å². The fraction of sp³-hybridized carbons (Fsp3) is 0.357. The predicted octanol–water partition coefficient (Wildman–Crippen LogP) is 2.51. The molecule has 0 radical (unpaired) electrons. The molecule has 1 aromatic heterocycles. The Hall–Kier alpha value is -1.97. The van der Waals surface area contributed by atoms with Crippen molar-refractivity contribution in [3.8, 4) is 5.75 Å². The second-order valence-electron chi connectivity index (χ2n) is 4.15. The van der Waals surface area contributed by atoms with E-state index < -0.39 is 0 Å². The van der Waals surface area contributed by atoms with Gasteiger partial charge in [0.15, 0.2) is 0 Å². The smallest absolute Gasteiger partial charge is 0.224 e. The molecule has 1 heterocycles. The van der Waals surface area contributed by atoms with Crippen LogP contribution in [-0.2, 0) is 11.2 Å². The van der Waals surface area contributed by atoms with Crippen LogP contribution in [0.2, 0.25) is 0 Å². The largest absolute Gasteiger partial charge is 0.497 e. The Morgan fingerprint density at radius 1 is 1.44 bits per heavy atom. The molecule has 0 bridgehead atoms. The van der Waals surface area contributed by atoms with Crippen LogP contribution in [0.5, 0.6) is 5.75 Å². The second-order valence-corrected chi connectivity index (χ2v) is 4.15. The molecule has 0 spiro atoms. The number of furan rings is 1. The molecule has 4 nitrogen and oxygen atoms in total. The minimum Gasteiger partial charge on any atom is -0.497 e. The number of ether oxygens (including phenoxy) is 1. The van der Waals surface area contributed by atoms with Crippen molar-refractivity contribution in [3.63, 3.8) is 0 Å². The topological polar surface area (TPSA) is 51.5 Å². The maximum Gasteiger partial charge on any atom is 0.224 e. The quantitative estimate of drug-likeness (QED) is 0.883. The van der Waals surface area contributed by atoms with Gasteiger partial charge in [-0.2, -0.15) is 0 Å². The van der Waals surface area contributed by atoms with E-state index >= 15 is 0 Å². The van der Waals surface area contributed by atoms with Crippen molar-refractivity contribution >= 4 is 16.9 Å². The molecule has 4 heteroatoms. The lowest BCUT2D eigenvalue weighted by molar-refractivity contribution is -0.120. The minimum absolute atomic E-state index is 0.0161. The van der Waals surface area contributed by atoms with Crippen LogP contribution in [0.3, 0.4) is 0 Å². The summed E-state index contributed by atoms with van der Waals surface area (Å²) in [5.41, 5.74) is 1.66. The Balaban J connectivity index is 2.20. The number of fused-ring (bicyclic) bond motifs is 1. The predicted molar refractivity (Wildman–Crippen MR) is 69.8 cm³/mol. The first-order valence-corrected chi connectivity index (χ1v) is 6.05. The Kier molecular flexibility index (Phi) is 3.87. The third-order valence-corrected chi connectivity index (χ3v) is 2.78. The normalized spacial score (nSPS) is 10.6. The summed E-state index contributed by atoms with van der Waals surface area (Å²) < 4.78 is 10.6. The van der Waals surface area contributed by atoms with E-state index in [1.807, 2.05) is 25.1 Å². The zero-order chi connectivity index (χ0) is 13.0. The standard InChI is InChI=1S/C14H17NO3/c1-3-6-15-14(16)7-10-9-18-13-5-4-11(17-2)8-12(10)13/h4-5,8-9H,3,6-7H2,1-2H3,(H,15,16). The molecule has 0 aliphatic heterocycles. The molecule has 0 aliphatic carbocycles. The number of rotatable bonds is 5. The molecule has 0 aliphatic rings. The maximum atomic E-state index is 11.7. The van der Waals surface area contributed by atoms with E-state index in [2.05, 4.69) is 5.32 Å². The van der Waals surface area contributed by atoms with Gasteiger partial charge in [-0.05, 0) is 24.6 Å². The molecule has 1 aromatic carbocycles. The van der Waals surface area contributed by atoms with Crippen LogP contribution in [0.1, 0.15) is 18.9 Å². The van der Waals surface area contributed by atoms with Gasteiger partial charge in [-0.15, -0.1) is 0 Å². The van der Waals surface area contributed by atoms with Gasteiger partial charge in [0.1, 0.15) is 11.3 Å². The highest BCUT2D eigenvalue weighted by Gasteiger charge is 2.10. The first kappa shape index (κ1) is 12.5. The summed E-state index contributed by atoms with van der Waals surface area (Å²) in [5, 5.41) is 3.78. The second kappa shape index (κ2) is 5.58. The molecule has 1 amide bonds. The molecule has 1 N–H and O–H groups in total. The fourth-order valence-electron chi connectivity index (χ4n) is 1.82. The number of methoxy groups -OCH3 is 1. The van der Waals surface area contributed by atoms with E-state index in [1.54, 1.807) is 13.4 Å². The first-order chi connectivity index (χ1) is 8.74. The SMILES string of the molecule is CCCNC(=O)Cc1coc2ccc(OC)cc12. The highest BCUT2D eigenvalue weighted by molar-refractivity contribution is 5.88. The lowest BCUT2D eigenvalue weighted by Crippen LogP contribution is -2.25. The molecular weight excluding hydrogens is 230 g/mol. The van der Waals surface area contributed by atoms with Crippen molar-refractivity contribution in [2.45, 2.75) is 19.8 Å². The number of amides is 1. The number of hydrogen-bond acceptors (Lipinski definition) is 3. The Morgan fingerprint density at radius 2 is 2.28 bits per heavy atom. The molecule has 0 fully saturated rings. The van der Waals surface area contributed by atoms with Gasteiger partial charge in [-0.3, -0.25) is 4.79 Å². The number of nitrogens with one attached hydrogen (secondary N) is 1. The molecule has 2 aromatic rings. The number of benzene rings is 1. The molecular formula is C14H17NO3. The molecule has 0 unspecified atom stereocenters. The Morgan fingerprint density at radius 3 is 3.00 bits per heavy atom. The van der Waals surface area contributed by atoms with E-state index in [0.29, 0.717) is 13.0 Å². The third kappa shape index (κ3) is 2.64. The molecule has 96 valence electrons. The summed E-state index contributed by atoms with van der Waals surface area (Å²) in [6.07, 6.45) is 2.90. The molecule has 0 saturated carbocycles. The lowest BCUT2D eigenvalue weighted by Gasteiger charge is -2.02. The zero-order valence-electron chi connectivity index (χ0n) is 10.7. The van der Waals surface area contributed by atoms with E-state index in [0.717, 1.165) is 28.7 Å². The summed E-state index contributed by atoms with van der Waals surface area (Å²) in [6.45, 7) is 2.73. The maximum absolute atomic E-state index is 11.7. The average Bonchev–Trinajstić information content (AvgIpc) is 2.78. The summed E-state index contributed by atoms with van der Waals surface area (Å²) in [7, 11) is 1.62. The molecule has 0 atom stereocenters. The van der Waals surface area contributed by atoms with Gasteiger partial charge < -0.3 is 14.5 Å². The first-order valence-electron chi connectivity index (χ1n) is 6.05. The fourth-order valence-corrected chi connectivity index (χ4v) is 1.82. The molecule has 18 heavy (non-hydrogen) atoms. The van der Waals surface area contributed by atoms with Gasteiger partial charge in [-0.25, -0.2) is 0 Å². The zero-order valence-corrected chi connectivity index (χ0v) is 10.7. The highest BCUT2D eigenvalue weighted by atomic mass is 16.5. The van der Waals surface area contributed by atoms with Crippen molar-refractivity contribution in [2.24, 2.45) is 0 Å². The van der Waals surface area contributed by atoms with E-state index in [4.69, 9.17) is 9.15 Å². The average molecular weight is 247 g/mol. The van der Waals surface area contributed by atoms with Crippen LogP contribution in [0.25, 0.3) is 11.0 Å². The molecule has 2 rings (SSSR count). The summed E-state index contributed by atoms with van der Waals surface area (Å²) in [4.78, 5) is 11.7. The van der Waals surface area contributed by atoms with Crippen LogP contribution in [0.4, 0.5) is 0 Å².